The minimum Gasteiger partial charge on any atom is -0.395 e. The lowest BCUT2D eigenvalue weighted by molar-refractivity contribution is 0.158. The number of rotatable bonds is 7. The third kappa shape index (κ3) is 7.32. The maximum Gasteiger partial charge on any atom is 0.126 e. The van der Waals surface area contributed by atoms with Crippen LogP contribution in [0.2, 0.25) is 0 Å². The largest absolute Gasteiger partial charge is 0.395 e. The number of hydrogen-bond acceptors (Lipinski definition) is 4. The van der Waals surface area contributed by atoms with Crippen LogP contribution in [0.3, 0.4) is 0 Å². The van der Waals surface area contributed by atoms with Crippen LogP contribution in [-0.4, -0.2) is 35.3 Å². The van der Waals surface area contributed by atoms with Gasteiger partial charge in [0.05, 0.1) is 0 Å². The van der Waals surface area contributed by atoms with Gasteiger partial charge in [-0.05, 0) is 13.8 Å². The Morgan fingerprint density at radius 2 is 1.29 bits per heavy atom. The fourth-order valence-electron chi connectivity index (χ4n) is 0.486. The van der Waals surface area contributed by atoms with Crippen LogP contribution in [0.1, 0.15) is 13.8 Å². The first-order chi connectivity index (χ1) is 6.72. The molecule has 0 unspecified atom stereocenters. The van der Waals surface area contributed by atoms with Gasteiger partial charge in [-0.1, -0.05) is 42.2 Å². The molecule has 0 aliphatic heterocycles. The van der Waals surface area contributed by atoms with Crippen molar-refractivity contribution in [3.63, 3.8) is 0 Å². The maximum absolute atomic E-state index is 4.97. The number of alkyl halides is 2. The van der Waals surface area contributed by atoms with Crippen molar-refractivity contribution in [1.82, 2.24) is 0 Å². The molecule has 0 rings (SSSR count). The third-order valence-corrected chi connectivity index (χ3v) is 1.91. The Morgan fingerprint density at radius 1 is 0.929 bits per heavy atom. The molecule has 4 nitrogen and oxygen atoms in total. The van der Waals surface area contributed by atoms with E-state index in [9.17, 15) is 0 Å². The molecule has 0 saturated carbocycles. The van der Waals surface area contributed by atoms with Gasteiger partial charge in [-0.25, -0.2) is 0 Å². The first-order valence-corrected chi connectivity index (χ1v) is 6.42. The minimum atomic E-state index is 0.548. The molecule has 82 valence electrons. The molecule has 0 aliphatic rings. The zero-order chi connectivity index (χ0) is 10.8. The van der Waals surface area contributed by atoms with E-state index in [-0.39, 0.29) is 0 Å². The van der Waals surface area contributed by atoms with Gasteiger partial charge in [0.2, 0.25) is 0 Å². The van der Waals surface area contributed by atoms with Gasteiger partial charge in [0.1, 0.15) is 24.6 Å². The van der Waals surface area contributed by atoms with Gasteiger partial charge in [0, 0.05) is 10.7 Å². The summed E-state index contributed by atoms with van der Waals surface area (Å²) in [6.07, 6.45) is 0. The van der Waals surface area contributed by atoms with Gasteiger partial charge >= 0.3 is 0 Å². The van der Waals surface area contributed by atoms with E-state index in [2.05, 4.69) is 42.2 Å². The molecule has 0 bridgehead atoms. The summed E-state index contributed by atoms with van der Waals surface area (Å²) in [4.78, 5) is 9.93. The van der Waals surface area contributed by atoms with Crippen LogP contribution in [0, 0.1) is 0 Å². The molecule has 0 saturated heterocycles. The zero-order valence-electron chi connectivity index (χ0n) is 8.30. The Morgan fingerprint density at radius 3 is 1.57 bits per heavy atom. The van der Waals surface area contributed by atoms with Crippen molar-refractivity contribution in [3.8, 4) is 0 Å². The second kappa shape index (κ2) is 9.45. The standard InChI is InChI=1S/C8H14Br2N2O2/c1-7(11-13-5-3-9)8(2)12-14-6-4-10/h3-6H2,1-2H3. The molecule has 0 aliphatic carbocycles. The van der Waals surface area contributed by atoms with E-state index in [4.69, 9.17) is 9.68 Å². The van der Waals surface area contributed by atoms with Crippen molar-refractivity contribution < 1.29 is 9.68 Å². The van der Waals surface area contributed by atoms with Crippen LogP contribution in [0.15, 0.2) is 10.3 Å². The van der Waals surface area contributed by atoms with Crippen molar-refractivity contribution in [2.45, 2.75) is 13.8 Å². The van der Waals surface area contributed by atoms with Crippen molar-refractivity contribution >= 4 is 43.3 Å². The Hall–Kier alpha value is -0.100. The van der Waals surface area contributed by atoms with E-state index in [1.54, 1.807) is 0 Å². The van der Waals surface area contributed by atoms with Crippen LogP contribution < -0.4 is 0 Å². The smallest absolute Gasteiger partial charge is 0.126 e. The molecule has 0 aromatic rings. The highest BCUT2D eigenvalue weighted by Crippen LogP contribution is 1.90. The highest BCUT2D eigenvalue weighted by molar-refractivity contribution is 9.09. The van der Waals surface area contributed by atoms with E-state index in [0.29, 0.717) is 13.2 Å². The SMILES string of the molecule is CC(=NOCCBr)C(C)=NOCCBr. The van der Waals surface area contributed by atoms with Gasteiger partial charge in [-0.15, -0.1) is 0 Å². The summed E-state index contributed by atoms with van der Waals surface area (Å²) in [6, 6.07) is 0. The van der Waals surface area contributed by atoms with E-state index in [1.165, 1.54) is 0 Å². The lowest BCUT2D eigenvalue weighted by Crippen LogP contribution is -2.08. The molecular weight excluding hydrogens is 316 g/mol. The third-order valence-electron chi connectivity index (χ3n) is 1.26. The molecule has 0 fully saturated rings. The zero-order valence-corrected chi connectivity index (χ0v) is 11.5. The van der Waals surface area contributed by atoms with Crippen LogP contribution >= 0.6 is 31.9 Å². The quantitative estimate of drug-likeness (QED) is 0.312. The molecule has 14 heavy (non-hydrogen) atoms. The summed E-state index contributed by atoms with van der Waals surface area (Å²) < 4.78 is 0. The average Bonchev–Trinajstić information content (AvgIpc) is 2.18. The van der Waals surface area contributed by atoms with E-state index < -0.39 is 0 Å². The van der Waals surface area contributed by atoms with Gasteiger partial charge in [0.15, 0.2) is 0 Å². The monoisotopic (exact) mass is 328 g/mol. The summed E-state index contributed by atoms with van der Waals surface area (Å²) in [5.74, 6) is 0. The van der Waals surface area contributed by atoms with Gasteiger partial charge in [-0.3, -0.25) is 0 Å². The predicted molar refractivity (Wildman–Crippen MR) is 65.7 cm³/mol. The van der Waals surface area contributed by atoms with Crippen molar-refractivity contribution in [1.29, 1.82) is 0 Å². The molecule has 0 amide bonds. The molecule has 0 radical (unpaired) electrons. The lowest BCUT2D eigenvalue weighted by Gasteiger charge is -2.00. The molecule has 0 atom stereocenters. The number of hydrogen-bond donors (Lipinski definition) is 0. The Balaban J connectivity index is 3.89. The highest BCUT2D eigenvalue weighted by Gasteiger charge is 1.97. The lowest BCUT2D eigenvalue weighted by atomic mass is 10.3. The van der Waals surface area contributed by atoms with Crippen molar-refractivity contribution in [2.24, 2.45) is 10.3 Å². The molecule has 6 heteroatoms. The predicted octanol–water partition coefficient (Wildman–Crippen LogP) is 2.56. The van der Waals surface area contributed by atoms with Gasteiger partial charge < -0.3 is 9.68 Å². The molecule has 0 aromatic carbocycles. The molecule has 0 spiro atoms. The van der Waals surface area contributed by atoms with Crippen LogP contribution in [0.4, 0.5) is 0 Å². The Labute approximate surface area is 101 Å². The molecule has 0 N–H and O–H groups in total. The van der Waals surface area contributed by atoms with Crippen LogP contribution in [0.5, 0.6) is 0 Å². The van der Waals surface area contributed by atoms with Gasteiger partial charge in [-0.2, -0.15) is 0 Å². The highest BCUT2D eigenvalue weighted by atomic mass is 79.9. The summed E-state index contributed by atoms with van der Waals surface area (Å²) in [5.41, 5.74) is 1.45. The summed E-state index contributed by atoms with van der Waals surface area (Å²) >= 11 is 6.47. The Kier molecular flexibility index (Phi) is 9.39. The molecular formula is C8H14Br2N2O2. The fourth-order valence-corrected chi connectivity index (χ4v) is 0.776. The fraction of sp³-hybridized carbons (Fsp3) is 0.750. The van der Waals surface area contributed by atoms with E-state index in [1.807, 2.05) is 13.8 Å². The Bertz CT molecular complexity index is 186. The van der Waals surface area contributed by atoms with Crippen molar-refractivity contribution in [3.05, 3.63) is 0 Å². The van der Waals surface area contributed by atoms with E-state index in [0.717, 1.165) is 22.1 Å². The average molecular weight is 330 g/mol. The maximum atomic E-state index is 4.97. The number of oxime groups is 2. The summed E-state index contributed by atoms with van der Waals surface area (Å²) in [6.45, 7) is 4.74. The number of halogens is 2. The summed E-state index contributed by atoms with van der Waals surface area (Å²) in [7, 11) is 0. The van der Waals surface area contributed by atoms with E-state index >= 15 is 0 Å². The minimum absolute atomic E-state index is 0.548. The topological polar surface area (TPSA) is 43.2 Å². The summed E-state index contributed by atoms with van der Waals surface area (Å²) in [5, 5.41) is 9.24. The first-order valence-electron chi connectivity index (χ1n) is 4.17. The van der Waals surface area contributed by atoms with Crippen molar-refractivity contribution in [2.75, 3.05) is 23.9 Å². The number of nitrogens with zero attached hydrogens (tertiary/aromatic N) is 2. The van der Waals surface area contributed by atoms with Crippen LogP contribution in [-0.2, 0) is 9.68 Å². The molecule has 0 aromatic heterocycles. The van der Waals surface area contributed by atoms with Crippen LogP contribution in [0.25, 0.3) is 0 Å². The second-order valence-electron chi connectivity index (χ2n) is 2.40. The molecule has 0 heterocycles. The first kappa shape index (κ1) is 13.9. The van der Waals surface area contributed by atoms with Gasteiger partial charge in [0.25, 0.3) is 0 Å². The normalized spacial score (nSPS) is 12.9. The second-order valence-corrected chi connectivity index (χ2v) is 3.98.